The zero-order chi connectivity index (χ0) is 19.3. The summed E-state index contributed by atoms with van der Waals surface area (Å²) in [4.78, 5) is 17.1. The Morgan fingerprint density at radius 2 is 1.89 bits per heavy atom. The van der Waals surface area contributed by atoms with Crippen LogP contribution in [0.25, 0.3) is 0 Å². The van der Waals surface area contributed by atoms with Gasteiger partial charge in [0, 0.05) is 32.7 Å². The first-order valence-corrected chi connectivity index (χ1v) is 10.1. The van der Waals surface area contributed by atoms with Crippen molar-refractivity contribution < 1.29 is 9.18 Å². The number of carbonyl (C=O) groups excluding carboxylic acids is 1. The van der Waals surface area contributed by atoms with Crippen LogP contribution in [0.5, 0.6) is 0 Å². The summed E-state index contributed by atoms with van der Waals surface area (Å²) >= 11 is 0. The number of piperidine rings is 1. The van der Waals surface area contributed by atoms with Crippen LogP contribution in [0, 0.1) is 5.82 Å². The van der Waals surface area contributed by atoms with Crippen LogP contribution >= 0.6 is 0 Å². The van der Waals surface area contributed by atoms with Crippen LogP contribution in [0.15, 0.2) is 30.5 Å². The van der Waals surface area contributed by atoms with Crippen LogP contribution in [-0.2, 0) is 6.54 Å². The van der Waals surface area contributed by atoms with Gasteiger partial charge in [0.05, 0.1) is 12.2 Å². The molecule has 7 nitrogen and oxygen atoms in total. The molecule has 1 aromatic heterocycles. The maximum atomic E-state index is 13.1. The Morgan fingerprint density at radius 1 is 1.11 bits per heavy atom. The molecule has 8 heteroatoms. The number of benzene rings is 1. The zero-order valence-corrected chi connectivity index (χ0v) is 16.1. The number of aromatic nitrogens is 3. The molecule has 2 aliphatic rings. The number of nitrogens with one attached hydrogen (secondary N) is 1. The highest BCUT2D eigenvalue weighted by atomic mass is 19.1. The van der Waals surface area contributed by atoms with Gasteiger partial charge < -0.3 is 10.2 Å². The van der Waals surface area contributed by atoms with Crippen molar-refractivity contribution in [1.82, 2.24) is 30.1 Å². The third-order valence-electron chi connectivity index (χ3n) is 5.61. The molecule has 28 heavy (non-hydrogen) atoms. The Labute approximate surface area is 164 Å². The minimum absolute atomic E-state index is 0.0381. The quantitative estimate of drug-likeness (QED) is 0.866. The molecule has 1 aromatic carbocycles. The fraction of sp³-hybridized carbons (Fsp3) is 0.550. The molecular weight excluding hydrogens is 359 g/mol. The normalized spacial score (nSPS) is 19.5. The van der Waals surface area contributed by atoms with Gasteiger partial charge in [-0.05, 0) is 50.0 Å². The fourth-order valence-corrected chi connectivity index (χ4v) is 3.97. The Bertz CT molecular complexity index is 786. The van der Waals surface area contributed by atoms with E-state index in [-0.39, 0.29) is 11.7 Å². The topological polar surface area (TPSA) is 66.3 Å². The second-order valence-electron chi connectivity index (χ2n) is 7.61. The second-order valence-corrected chi connectivity index (χ2v) is 7.61. The molecule has 2 aromatic rings. The monoisotopic (exact) mass is 386 g/mol. The Kier molecular flexibility index (Phi) is 5.97. The van der Waals surface area contributed by atoms with Gasteiger partial charge in [0.1, 0.15) is 5.82 Å². The summed E-state index contributed by atoms with van der Waals surface area (Å²) < 4.78 is 14.9. The molecule has 4 rings (SSSR count). The number of hydrogen-bond donors (Lipinski definition) is 1. The minimum Gasteiger partial charge on any atom is -0.336 e. The predicted octanol–water partition coefficient (Wildman–Crippen LogP) is 1.69. The summed E-state index contributed by atoms with van der Waals surface area (Å²) in [6, 6.07) is 6.96. The van der Waals surface area contributed by atoms with Crippen LogP contribution in [-0.4, -0.2) is 70.0 Å². The summed E-state index contributed by atoms with van der Waals surface area (Å²) in [5.74, 6) is -0.252. The first-order valence-electron chi connectivity index (χ1n) is 10.1. The molecule has 0 radical (unpaired) electrons. The molecule has 0 aliphatic carbocycles. The van der Waals surface area contributed by atoms with E-state index in [0.717, 1.165) is 64.1 Å². The van der Waals surface area contributed by atoms with E-state index >= 15 is 0 Å². The number of nitrogens with zero attached hydrogens (tertiary/aromatic N) is 5. The van der Waals surface area contributed by atoms with Gasteiger partial charge in [0.25, 0.3) is 5.91 Å². The number of amides is 1. The van der Waals surface area contributed by atoms with Gasteiger partial charge in [-0.1, -0.05) is 17.3 Å². The van der Waals surface area contributed by atoms with Crippen LogP contribution in [0.2, 0.25) is 0 Å². The fourth-order valence-electron chi connectivity index (χ4n) is 3.97. The lowest BCUT2D eigenvalue weighted by atomic mass is 10.1. The van der Waals surface area contributed by atoms with Gasteiger partial charge >= 0.3 is 0 Å². The highest BCUT2D eigenvalue weighted by Gasteiger charge is 2.24. The molecule has 0 bridgehead atoms. The lowest BCUT2D eigenvalue weighted by Crippen LogP contribution is -2.35. The van der Waals surface area contributed by atoms with Crippen LogP contribution in [0.4, 0.5) is 4.39 Å². The van der Waals surface area contributed by atoms with Crippen molar-refractivity contribution in [3.8, 4) is 0 Å². The maximum absolute atomic E-state index is 13.1. The molecule has 0 saturated carbocycles. The standard InChI is InChI=1S/C20H27FN6O/c21-17-4-2-16(3-5-17)14-25-10-1-11-26(13-12-25)20(28)19-15-27(24-23-19)18-6-8-22-9-7-18/h2-5,15,18,22H,1,6-14H2. The summed E-state index contributed by atoms with van der Waals surface area (Å²) in [5, 5.41) is 11.7. The van der Waals surface area contributed by atoms with Crippen molar-refractivity contribution in [3.05, 3.63) is 47.5 Å². The van der Waals surface area contributed by atoms with Crippen LogP contribution in [0.1, 0.15) is 41.4 Å². The summed E-state index contributed by atoms with van der Waals surface area (Å²) in [5.41, 5.74) is 1.52. The van der Waals surface area contributed by atoms with Gasteiger partial charge in [-0.3, -0.25) is 9.69 Å². The average molecular weight is 386 g/mol. The second kappa shape index (κ2) is 8.79. The molecule has 0 unspecified atom stereocenters. The van der Waals surface area contributed by atoms with E-state index in [2.05, 4.69) is 20.5 Å². The zero-order valence-electron chi connectivity index (χ0n) is 16.1. The van der Waals surface area contributed by atoms with E-state index < -0.39 is 0 Å². The van der Waals surface area contributed by atoms with Gasteiger partial charge in [0.2, 0.25) is 0 Å². The number of carbonyl (C=O) groups is 1. The van der Waals surface area contributed by atoms with E-state index in [4.69, 9.17) is 0 Å². The van der Waals surface area contributed by atoms with E-state index in [1.165, 1.54) is 12.1 Å². The van der Waals surface area contributed by atoms with E-state index in [1.54, 1.807) is 6.20 Å². The molecule has 0 spiro atoms. The van der Waals surface area contributed by atoms with Crippen molar-refractivity contribution in [3.63, 3.8) is 0 Å². The van der Waals surface area contributed by atoms with Crippen molar-refractivity contribution >= 4 is 5.91 Å². The summed E-state index contributed by atoms with van der Waals surface area (Å²) in [7, 11) is 0. The molecule has 0 atom stereocenters. The number of hydrogen-bond acceptors (Lipinski definition) is 5. The lowest BCUT2D eigenvalue weighted by molar-refractivity contribution is 0.0755. The van der Waals surface area contributed by atoms with Gasteiger partial charge in [-0.15, -0.1) is 5.10 Å². The minimum atomic E-state index is -0.214. The SMILES string of the molecule is O=C(c1cn(C2CCNCC2)nn1)N1CCCN(Cc2ccc(F)cc2)CC1. The largest absolute Gasteiger partial charge is 0.336 e. The Balaban J connectivity index is 1.34. The molecule has 2 fully saturated rings. The highest BCUT2D eigenvalue weighted by Crippen LogP contribution is 2.18. The third kappa shape index (κ3) is 4.56. The van der Waals surface area contributed by atoms with E-state index in [1.807, 2.05) is 21.7 Å². The highest BCUT2D eigenvalue weighted by molar-refractivity contribution is 5.91. The molecule has 2 saturated heterocycles. The third-order valence-corrected chi connectivity index (χ3v) is 5.61. The van der Waals surface area contributed by atoms with Crippen LogP contribution in [0.3, 0.4) is 0 Å². The average Bonchev–Trinajstić information content (AvgIpc) is 3.11. The van der Waals surface area contributed by atoms with Gasteiger partial charge in [-0.2, -0.15) is 0 Å². The molecule has 150 valence electrons. The molecule has 3 heterocycles. The van der Waals surface area contributed by atoms with Gasteiger partial charge in [-0.25, -0.2) is 9.07 Å². The van der Waals surface area contributed by atoms with Gasteiger partial charge in [0.15, 0.2) is 5.69 Å². The lowest BCUT2D eigenvalue weighted by Gasteiger charge is -2.22. The Hall–Kier alpha value is -2.32. The molecule has 1 N–H and O–H groups in total. The molecule has 2 aliphatic heterocycles. The van der Waals surface area contributed by atoms with Crippen molar-refractivity contribution in [2.24, 2.45) is 0 Å². The number of rotatable bonds is 4. The van der Waals surface area contributed by atoms with Crippen LogP contribution < -0.4 is 5.32 Å². The van der Waals surface area contributed by atoms with Crippen molar-refractivity contribution in [2.45, 2.75) is 31.8 Å². The van der Waals surface area contributed by atoms with Crippen molar-refractivity contribution in [2.75, 3.05) is 39.3 Å². The molecule has 1 amide bonds. The van der Waals surface area contributed by atoms with E-state index in [9.17, 15) is 9.18 Å². The van der Waals surface area contributed by atoms with E-state index in [0.29, 0.717) is 18.3 Å². The first-order chi connectivity index (χ1) is 13.7. The predicted molar refractivity (Wildman–Crippen MR) is 103 cm³/mol. The van der Waals surface area contributed by atoms with Crippen molar-refractivity contribution in [1.29, 1.82) is 0 Å². The molecular formula is C20H27FN6O. The smallest absolute Gasteiger partial charge is 0.276 e. The first kappa shape index (κ1) is 19.0. The Morgan fingerprint density at radius 3 is 2.68 bits per heavy atom. The summed E-state index contributed by atoms with van der Waals surface area (Å²) in [6.45, 7) is 5.83. The summed E-state index contributed by atoms with van der Waals surface area (Å²) in [6.07, 6.45) is 4.74. The maximum Gasteiger partial charge on any atom is 0.276 e. The number of halogens is 1.